The normalized spacial score (nSPS) is 11.3. The summed E-state index contributed by atoms with van der Waals surface area (Å²) < 4.78 is 7.00. The Morgan fingerprint density at radius 3 is 1.43 bits per heavy atom. The van der Waals surface area contributed by atoms with Crippen molar-refractivity contribution in [1.29, 1.82) is 0 Å². The van der Waals surface area contributed by atoms with E-state index in [9.17, 15) is 0 Å². The molecule has 2 heterocycles. The van der Waals surface area contributed by atoms with Gasteiger partial charge in [-0.1, -0.05) is 158 Å². The zero-order chi connectivity index (χ0) is 35.8. The van der Waals surface area contributed by atoms with Crippen molar-refractivity contribution in [2.45, 2.75) is 0 Å². The van der Waals surface area contributed by atoms with E-state index >= 15 is 0 Å². The number of furan rings is 1. The Bertz CT molecular complexity index is 2850. The zero-order valence-electron chi connectivity index (χ0n) is 29.2. The second-order valence-corrected chi connectivity index (χ2v) is 13.2. The van der Waals surface area contributed by atoms with Crippen LogP contribution in [0.3, 0.4) is 0 Å². The fourth-order valence-corrected chi connectivity index (χ4v) is 7.33. The first-order valence-electron chi connectivity index (χ1n) is 18.0. The third-order valence-electron chi connectivity index (χ3n) is 9.91. The van der Waals surface area contributed by atoms with Gasteiger partial charge in [-0.3, -0.25) is 0 Å². The van der Waals surface area contributed by atoms with E-state index in [0.29, 0.717) is 17.5 Å². The molecule has 0 unspecified atom stereocenters. The van der Waals surface area contributed by atoms with Crippen LogP contribution in [0.1, 0.15) is 0 Å². The molecule has 0 N–H and O–H groups in total. The topological polar surface area (TPSA) is 55.1 Å². The van der Waals surface area contributed by atoms with Gasteiger partial charge in [-0.15, -0.1) is 0 Å². The minimum absolute atomic E-state index is 0.607. The average Bonchev–Trinajstić information content (AvgIpc) is 3.65. The van der Waals surface area contributed by atoms with Gasteiger partial charge < -0.3 is 9.32 Å². The number of fused-ring (bicyclic) bond motifs is 5. The van der Waals surface area contributed by atoms with Crippen molar-refractivity contribution in [2.75, 3.05) is 4.90 Å². The number of rotatable bonds is 7. The maximum atomic E-state index is 7.00. The summed E-state index contributed by atoms with van der Waals surface area (Å²) in [4.78, 5) is 17.4. The lowest BCUT2D eigenvalue weighted by atomic mass is 9.99. The number of nitrogens with zero attached hydrogens (tertiary/aromatic N) is 4. The van der Waals surface area contributed by atoms with Crippen LogP contribution in [-0.2, 0) is 0 Å². The summed E-state index contributed by atoms with van der Waals surface area (Å²) in [5.74, 6) is 1.86. The van der Waals surface area contributed by atoms with Crippen molar-refractivity contribution in [3.63, 3.8) is 0 Å². The molecule has 10 rings (SSSR count). The molecule has 0 fully saturated rings. The summed E-state index contributed by atoms with van der Waals surface area (Å²) in [5.41, 5.74) is 9.77. The predicted octanol–water partition coefficient (Wildman–Crippen LogP) is 13.1. The largest absolute Gasteiger partial charge is 0.453 e. The number of benzene rings is 8. The van der Waals surface area contributed by atoms with Crippen molar-refractivity contribution in [2.24, 2.45) is 0 Å². The van der Waals surface area contributed by atoms with Crippen LogP contribution in [-0.4, -0.2) is 15.0 Å². The first-order chi connectivity index (χ1) is 26.8. The van der Waals surface area contributed by atoms with E-state index in [2.05, 4.69) is 126 Å². The quantitative estimate of drug-likeness (QED) is 0.166. The maximum Gasteiger partial charge on any atom is 0.164 e. The fraction of sp³-hybridized carbons (Fsp3) is 0. The van der Waals surface area contributed by atoms with Gasteiger partial charge >= 0.3 is 0 Å². The van der Waals surface area contributed by atoms with Gasteiger partial charge in [0.1, 0.15) is 5.58 Å². The van der Waals surface area contributed by atoms with Crippen molar-refractivity contribution in [3.05, 3.63) is 194 Å². The van der Waals surface area contributed by atoms with Gasteiger partial charge in [0, 0.05) is 44.2 Å². The minimum atomic E-state index is 0.607. The first kappa shape index (κ1) is 31.4. The summed E-state index contributed by atoms with van der Waals surface area (Å²) >= 11 is 0. The highest BCUT2D eigenvalue weighted by Crippen LogP contribution is 2.45. The fourth-order valence-electron chi connectivity index (χ4n) is 7.33. The number of hydrogen-bond donors (Lipinski definition) is 0. The zero-order valence-corrected chi connectivity index (χ0v) is 29.2. The van der Waals surface area contributed by atoms with E-state index in [4.69, 9.17) is 19.4 Å². The van der Waals surface area contributed by atoms with Crippen molar-refractivity contribution >= 4 is 49.8 Å². The van der Waals surface area contributed by atoms with Crippen molar-refractivity contribution < 1.29 is 4.42 Å². The number of aromatic nitrogens is 3. The lowest BCUT2D eigenvalue weighted by molar-refractivity contribution is 0.673. The van der Waals surface area contributed by atoms with Crippen LogP contribution in [0.2, 0.25) is 0 Å². The molecule has 8 aromatic carbocycles. The third-order valence-corrected chi connectivity index (χ3v) is 9.91. The Balaban J connectivity index is 1.19. The molecule has 0 amide bonds. The summed E-state index contributed by atoms with van der Waals surface area (Å²) in [5, 5.41) is 4.01. The summed E-state index contributed by atoms with van der Waals surface area (Å²) in [6, 6.07) is 66.8. The maximum absolute atomic E-state index is 7.00. The van der Waals surface area contributed by atoms with E-state index < -0.39 is 0 Å². The molecule has 0 bridgehead atoms. The van der Waals surface area contributed by atoms with Crippen LogP contribution in [0, 0.1) is 0 Å². The Kier molecular flexibility index (Phi) is 7.73. The van der Waals surface area contributed by atoms with Crippen LogP contribution in [0.4, 0.5) is 17.1 Å². The molecule has 0 radical (unpaired) electrons. The number of para-hydroxylation sites is 2. The lowest BCUT2D eigenvalue weighted by Gasteiger charge is -2.25. The van der Waals surface area contributed by atoms with E-state index in [0.717, 1.165) is 72.0 Å². The van der Waals surface area contributed by atoms with Gasteiger partial charge in [-0.25, -0.2) is 15.0 Å². The molecule has 0 aliphatic rings. The van der Waals surface area contributed by atoms with E-state index in [1.165, 1.54) is 5.56 Å². The smallest absolute Gasteiger partial charge is 0.164 e. The third kappa shape index (κ3) is 5.56. The summed E-state index contributed by atoms with van der Waals surface area (Å²) in [7, 11) is 0. The molecule has 0 aliphatic heterocycles. The predicted molar refractivity (Wildman–Crippen MR) is 221 cm³/mol. The van der Waals surface area contributed by atoms with Crippen LogP contribution in [0.5, 0.6) is 0 Å². The molecule has 0 saturated carbocycles. The molecule has 0 aliphatic carbocycles. The molecule has 5 heteroatoms. The van der Waals surface area contributed by atoms with Crippen LogP contribution < -0.4 is 4.90 Å². The molecule has 0 atom stereocenters. The number of anilines is 3. The molecule has 10 aromatic rings. The number of hydrogen-bond acceptors (Lipinski definition) is 5. The second-order valence-electron chi connectivity index (χ2n) is 13.2. The molecule has 0 saturated heterocycles. The SMILES string of the molecule is c1ccc(-c2ccc(N(c3ccccc3)c3cccc4c3oc3c5ccccc5c(-c5nc(-c6ccccc6)nc(-c6ccccc6)n5)cc43)cc2)cc1. The minimum Gasteiger partial charge on any atom is -0.453 e. The summed E-state index contributed by atoms with van der Waals surface area (Å²) in [6.45, 7) is 0. The highest BCUT2D eigenvalue weighted by molar-refractivity contribution is 6.20. The van der Waals surface area contributed by atoms with Crippen molar-refractivity contribution in [3.8, 4) is 45.3 Å². The monoisotopic (exact) mass is 692 g/mol. The van der Waals surface area contributed by atoms with Gasteiger partial charge in [0.25, 0.3) is 0 Å². The molecular weight excluding hydrogens is 661 g/mol. The van der Waals surface area contributed by atoms with E-state index in [-0.39, 0.29) is 0 Å². The Morgan fingerprint density at radius 1 is 0.333 bits per heavy atom. The molecule has 0 spiro atoms. The Labute approximate surface area is 312 Å². The van der Waals surface area contributed by atoms with Gasteiger partial charge in [0.15, 0.2) is 23.1 Å². The molecule has 54 heavy (non-hydrogen) atoms. The van der Waals surface area contributed by atoms with Gasteiger partial charge in [0.2, 0.25) is 0 Å². The Morgan fingerprint density at radius 2 is 0.796 bits per heavy atom. The molecule has 5 nitrogen and oxygen atoms in total. The first-order valence-corrected chi connectivity index (χ1v) is 18.0. The highest BCUT2D eigenvalue weighted by atomic mass is 16.3. The second kappa shape index (κ2) is 13.3. The summed E-state index contributed by atoms with van der Waals surface area (Å²) in [6.07, 6.45) is 0. The van der Waals surface area contributed by atoms with Gasteiger partial charge in [-0.05, 0) is 52.9 Å². The van der Waals surface area contributed by atoms with Gasteiger partial charge in [-0.2, -0.15) is 0 Å². The molecule has 2 aromatic heterocycles. The molecule has 254 valence electrons. The highest BCUT2D eigenvalue weighted by Gasteiger charge is 2.23. The van der Waals surface area contributed by atoms with Crippen LogP contribution in [0.15, 0.2) is 199 Å². The Hall–Kier alpha value is -7.37. The van der Waals surface area contributed by atoms with Crippen molar-refractivity contribution in [1.82, 2.24) is 15.0 Å². The van der Waals surface area contributed by atoms with Gasteiger partial charge in [0.05, 0.1) is 5.69 Å². The van der Waals surface area contributed by atoms with Crippen LogP contribution >= 0.6 is 0 Å². The standard InChI is InChI=1S/C49H32N4O/c1-5-16-33(17-6-1)34-28-30-38(31-29-34)53(37-22-11-4-12-23-37)44-27-15-26-41-42-32-43(39-24-13-14-25-40(39)45(42)54-46(41)44)49-51-47(35-18-7-2-8-19-35)50-48(52-49)36-20-9-3-10-21-36/h1-32H. The average molecular weight is 693 g/mol. The lowest BCUT2D eigenvalue weighted by Crippen LogP contribution is -2.10. The molecular formula is C49H32N4O. The van der Waals surface area contributed by atoms with E-state index in [1.807, 2.05) is 72.8 Å². The van der Waals surface area contributed by atoms with E-state index in [1.54, 1.807) is 0 Å². The van der Waals surface area contributed by atoms with Crippen LogP contribution in [0.25, 0.3) is 78.0 Å².